The summed E-state index contributed by atoms with van der Waals surface area (Å²) in [5.41, 5.74) is 1.00. The number of rotatable bonds is 6. The highest BCUT2D eigenvalue weighted by Crippen LogP contribution is 2.21. The summed E-state index contributed by atoms with van der Waals surface area (Å²) in [6.45, 7) is 5.32. The second kappa shape index (κ2) is 6.56. The van der Waals surface area contributed by atoms with E-state index in [1.54, 1.807) is 6.07 Å². The first kappa shape index (κ1) is 14.7. The molecular weight excluding hydrogens is 300 g/mol. The van der Waals surface area contributed by atoms with E-state index in [9.17, 15) is 9.90 Å². The Labute approximate surface area is 114 Å². The third-order valence-electron chi connectivity index (χ3n) is 2.24. The van der Waals surface area contributed by atoms with Crippen molar-refractivity contribution in [3.05, 3.63) is 40.4 Å². The molecule has 18 heavy (non-hydrogen) atoms. The Bertz CT molecular complexity index is 436. The van der Waals surface area contributed by atoms with Gasteiger partial charge in [-0.25, -0.2) is 4.79 Å². The lowest BCUT2D eigenvalue weighted by molar-refractivity contribution is -0.133. The fraction of sp³-hybridized carbons (Fsp3) is 0.308. The number of benzene rings is 1. The van der Waals surface area contributed by atoms with E-state index in [0.29, 0.717) is 5.75 Å². The first-order chi connectivity index (χ1) is 8.38. The number of carbonyl (C=O) groups is 1. The largest absolute Gasteiger partial charge is 0.491 e. The van der Waals surface area contributed by atoms with Crippen LogP contribution in [0.15, 0.2) is 34.8 Å². The van der Waals surface area contributed by atoms with Gasteiger partial charge in [-0.3, -0.25) is 0 Å². The molecule has 0 spiro atoms. The summed E-state index contributed by atoms with van der Waals surface area (Å²) >= 11 is 3.35. The van der Waals surface area contributed by atoms with Crippen LogP contribution in [0.2, 0.25) is 0 Å². The van der Waals surface area contributed by atoms with E-state index >= 15 is 0 Å². The second-order valence-corrected chi connectivity index (χ2v) is 4.96. The number of ether oxygens (including phenoxy) is 1. The van der Waals surface area contributed by atoms with Crippen molar-refractivity contribution < 1.29 is 19.7 Å². The summed E-state index contributed by atoms with van der Waals surface area (Å²) in [5, 5.41) is 18.2. The van der Waals surface area contributed by atoms with Crippen LogP contribution in [0.4, 0.5) is 0 Å². The van der Waals surface area contributed by atoms with E-state index in [4.69, 9.17) is 9.84 Å². The number of carboxylic acid groups (broad SMARTS) is 1. The van der Waals surface area contributed by atoms with Gasteiger partial charge < -0.3 is 14.9 Å². The zero-order valence-electron chi connectivity index (χ0n) is 10.0. The van der Waals surface area contributed by atoms with Crippen molar-refractivity contribution in [2.45, 2.75) is 19.4 Å². The number of aliphatic carboxylic acids is 1. The van der Waals surface area contributed by atoms with E-state index in [0.717, 1.165) is 10.0 Å². The standard InChI is InChI=1S/C13H15BrO4/c1-8-3-10(14)6-12(4-8)18-7-11(15)5-9(2)13(16)17/h3-4,6,11,15H,2,5,7H2,1H3,(H,16,17). The van der Waals surface area contributed by atoms with Crippen molar-refractivity contribution in [2.24, 2.45) is 0 Å². The molecule has 2 N–H and O–H groups in total. The average Bonchev–Trinajstić information content (AvgIpc) is 2.25. The highest BCUT2D eigenvalue weighted by molar-refractivity contribution is 9.10. The molecule has 0 fully saturated rings. The summed E-state index contributed by atoms with van der Waals surface area (Å²) in [4.78, 5) is 10.5. The quantitative estimate of drug-likeness (QED) is 0.792. The molecule has 98 valence electrons. The zero-order valence-corrected chi connectivity index (χ0v) is 11.6. The van der Waals surface area contributed by atoms with Crippen LogP contribution < -0.4 is 4.74 Å². The average molecular weight is 315 g/mol. The first-order valence-electron chi connectivity index (χ1n) is 5.37. The highest BCUT2D eigenvalue weighted by atomic mass is 79.9. The minimum atomic E-state index is -1.10. The third kappa shape index (κ3) is 4.89. The Kier molecular flexibility index (Phi) is 5.37. The Morgan fingerprint density at radius 1 is 1.50 bits per heavy atom. The van der Waals surface area contributed by atoms with Crippen LogP contribution in [-0.4, -0.2) is 28.9 Å². The number of carboxylic acids is 1. The van der Waals surface area contributed by atoms with Gasteiger partial charge in [-0.05, 0) is 30.7 Å². The summed E-state index contributed by atoms with van der Waals surface area (Å²) in [6, 6.07) is 5.56. The van der Waals surface area contributed by atoms with Crippen molar-refractivity contribution in [3.63, 3.8) is 0 Å². The van der Waals surface area contributed by atoms with Crippen molar-refractivity contribution in [2.75, 3.05) is 6.61 Å². The Hall–Kier alpha value is -1.33. The first-order valence-corrected chi connectivity index (χ1v) is 6.17. The number of aryl methyl sites for hydroxylation is 1. The van der Waals surface area contributed by atoms with Gasteiger partial charge in [0.1, 0.15) is 12.4 Å². The summed E-state index contributed by atoms with van der Waals surface area (Å²) in [6.07, 6.45) is -0.893. The van der Waals surface area contributed by atoms with Crippen LogP contribution in [0.5, 0.6) is 5.75 Å². The lowest BCUT2D eigenvalue weighted by Crippen LogP contribution is -2.20. The molecule has 5 heteroatoms. The molecule has 0 aliphatic carbocycles. The molecule has 0 bridgehead atoms. The topological polar surface area (TPSA) is 66.8 Å². The van der Waals surface area contributed by atoms with Crippen LogP contribution in [0.1, 0.15) is 12.0 Å². The fourth-order valence-electron chi connectivity index (χ4n) is 1.41. The molecule has 0 aliphatic rings. The van der Waals surface area contributed by atoms with E-state index in [1.807, 2.05) is 19.1 Å². The molecule has 0 heterocycles. The molecule has 0 saturated carbocycles. The number of aliphatic hydroxyl groups is 1. The minimum absolute atomic E-state index is 0.0116. The fourth-order valence-corrected chi connectivity index (χ4v) is 2.00. The summed E-state index contributed by atoms with van der Waals surface area (Å²) < 4.78 is 6.29. The van der Waals surface area contributed by atoms with Gasteiger partial charge in [-0.2, -0.15) is 0 Å². The van der Waals surface area contributed by atoms with Crippen molar-refractivity contribution >= 4 is 21.9 Å². The molecule has 0 amide bonds. The zero-order chi connectivity index (χ0) is 13.7. The monoisotopic (exact) mass is 314 g/mol. The molecule has 1 aromatic carbocycles. The van der Waals surface area contributed by atoms with Gasteiger partial charge in [0.15, 0.2) is 0 Å². The molecule has 1 unspecified atom stereocenters. The Balaban J connectivity index is 2.49. The number of hydrogen-bond donors (Lipinski definition) is 2. The van der Waals surface area contributed by atoms with Crippen LogP contribution in [0.25, 0.3) is 0 Å². The van der Waals surface area contributed by atoms with Crippen LogP contribution in [0.3, 0.4) is 0 Å². The Morgan fingerprint density at radius 3 is 2.72 bits per heavy atom. The van der Waals surface area contributed by atoms with Gasteiger partial charge in [0.2, 0.25) is 0 Å². The molecule has 0 aliphatic heterocycles. The molecule has 1 rings (SSSR count). The number of halogens is 1. The van der Waals surface area contributed by atoms with Crippen molar-refractivity contribution in [1.82, 2.24) is 0 Å². The van der Waals surface area contributed by atoms with E-state index in [-0.39, 0.29) is 18.6 Å². The van der Waals surface area contributed by atoms with Gasteiger partial charge in [-0.15, -0.1) is 0 Å². The predicted molar refractivity (Wildman–Crippen MR) is 71.8 cm³/mol. The maximum atomic E-state index is 10.5. The molecule has 0 aromatic heterocycles. The SMILES string of the molecule is C=C(CC(O)COc1cc(C)cc(Br)c1)C(=O)O. The molecule has 0 radical (unpaired) electrons. The Morgan fingerprint density at radius 2 is 2.17 bits per heavy atom. The second-order valence-electron chi connectivity index (χ2n) is 4.04. The van der Waals surface area contributed by atoms with Gasteiger partial charge in [0.05, 0.1) is 6.10 Å². The molecule has 1 atom stereocenters. The predicted octanol–water partition coefficient (Wildman–Crippen LogP) is 2.53. The summed E-state index contributed by atoms with van der Waals surface area (Å²) in [5.74, 6) is -0.478. The smallest absolute Gasteiger partial charge is 0.331 e. The molecule has 4 nitrogen and oxygen atoms in total. The molecule has 0 saturated heterocycles. The minimum Gasteiger partial charge on any atom is -0.491 e. The highest BCUT2D eigenvalue weighted by Gasteiger charge is 2.12. The molecular formula is C13H15BrO4. The maximum absolute atomic E-state index is 10.5. The van der Waals surface area contributed by atoms with Crippen molar-refractivity contribution in [1.29, 1.82) is 0 Å². The van der Waals surface area contributed by atoms with E-state index < -0.39 is 12.1 Å². The van der Waals surface area contributed by atoms with E-state index in [2.05, 4.69) is 22.5 Å². The lowest BCUT2D eigenvalue weighted by Gasteiger charge is -2.13. The maximum Gasteiger partial charge on any atom is 0.331 e. The van der Waals surface area contributed by atoms with Gasteiger partial charge in [-0.1, -0.05) is 22.5 Å². The van der Waals surface area contributed by atoms with Crippen LogP contribution >= 0.6 is 15.9 Å². The van der Waals surface area contributed by atoms with Gasteiger partial charge in [0.25, 0.3) is 0 Å². The van der Waals surface area contributed by atoms with Gasteiger partial charge in [0, 0.05) is 16.5 Å². The summed E-state index contributed by atoms with van der Waals surface area (Å²) in [7, 11) is 0. The van der Waals surface area contributed by atoms with E-state index in [1.165, 1.54) is 0 Å². The third-order valence-corrected chi connectivity index (χ3v) is 2.70. The van der Waals surface area contributed by atoms with Crippen LogP contribution in [0, 0.1) is 6.92 Å². The van der Waals surface area contributed by atoms with Gasteiger partial charge >= 0.3 is 5.97 Å². The molecule has 1 aromatic rings. The number of aliphatic hydroxyl groups excluding tert-OH is 1. The lowest BCUT2D eigenvalue weighted by atomic mass is 10.1. The normalized spacial score (nSPS) is 11.9. The van der Waals surface area contributed by atoms with Crippen LogP contribution in [-0.2, 0) is 4.79 Å². The van der Waals surface area contributed by atoms with Crippen molar-refractivity contribution in [3.8, 4) is 5.75 Å². The number of hydrogen-bond acceptors (Lipinski definition) is 3.